The number of halogens is 1. The van der Waals surface area contributed by atoms with Crippen LogP contribution in [0.2, 0.25) is 0 Å². The van der Waals surface area contributed by atoms with Crippen LogP contribution >= 0.6 is 27.7 Å². The quantitative estimate of drug-likeness (QED) is 0.463. The zero-order chi connectivity index (χ0) is 15.8. The highest BCUT2D eigenvalue weighted by molar-refractivity contribution is 9.10. The van der Waals surface area contributed by atoms with Gasteiger partial charge in [-0.05, 0) is 30.3 Å². The van der Waals surface area contributed by atoms with Crippen LogP contribution in [0.25, 0.3) is 0 Å². The predicted molar refractivity (Wildman–Crippen MR) is 96.4 cm³/mol. The maximum atomic E-state index is 5.91. The highest BCUT2D eigenvalue weighted by Gasteiger charge is 1.99. The molecule has 22 heavy (non-hydrogen) atoms. The van der Waals surface area contributed by atoms with Gasteiger partial charge in [0.1, 0.15) is 11.5 Å². The third-order valence-electron chi connectivity index (χ3n) is 2.69. The number of methoxy groups -OCH3 is 1. The molecule has 0 heterocycles. The predicted octanol–water partition coefficient (Wildman–Crippen LogP) is 4.22. The Kier molecular flexibility index (Phi) is 6.61. The van der Waals surface area contributed by atoms with Crippen LogP contribution in [-0.2, 0) is 0 Å². The van der Waals surface area contributed by atoms with Gasteiger partial charge in [-0.2, -0.15) is 0 Å². The second-order valence-corrected chi connectivity index (χ2v) is 6.34. The minimum absolute atomic E-state index is 0.506. The fraction of sp³-hybridized carbons (Fsp3) is 0.188. The highest BCUT2D eigenvalue weighted by Crippen LogP contribution is 2.21. The Morgan fingerprint density at radius 3 is 2.73 bits per heavy atom. The normalized spacial score (nSPS) is 11.3. The highest BCUT2D eigenvalue weighted by atomic mass is 79.9. The molecule has 0 saturated carbocycles. The number of nitrogens with zero attached hydrogens (tertiary/aromatic N) is 1. The summed E-state index contributed by atoms with van der Waals surface area (Å²) in [5.41, 5.74) is 6.69. The monoisotopic (exact) mass is 380 g/mol. The fourth-order valence-corrected chi connectivity index (χ4v) is 2.63. The second kappa shape index (κ2) is 8.70. The van der Waals surface area contributed by atoms with Crippen LogP contribution in [0, 0.1) is 0 Å². The smallest absolute Gasteiger partial charge is 0.159 e. The SMILES string of the molecule is COc1cccc(N=C(N)SCCOc2cccc(Br)c2)c1. The first-order valence-electron chi connectivity index (χ1n) is 6.67. The Morgan fingerprint density at radius 1 is 1.18 bits per heavy atom. The summed E-state index contributed by atoms with van der Waals surface area (Å²) < 4.78 is 11.8. The lowest BCUT2D eigenvalue weighted by molar-refractivity contribution is 0.344. The van der Waals surface area contributed by atoms with Gasteiger partial charge in [-0.1, -0.05) is 39.8 Å². The third-order valence-corrected chi connectivity index (χ3v) is 3.94. The van der Waals surface area contributed by atoms with Gasteiger partial charge in [0, 0.05) is 16.3 Å². The Bertz CT molecular complexity index is 650. The van der Waals surface area contributed by atoms with Gasteiger partial charge in [-0.15, -0.1) is 0 Å². The molecule has 0 aliphatic heterocycles. The summed E-state index contributed by atoms with van der Waals surface area (Å²) in [6.45, 7) is 0.565. The largest absolute Gasteiger partial charge is 0.497 e. The van der Waals surface area contributed by atoms with Gasteiger partial charge in [0.05, 0.1) is 19.4 Å². The average molecular weight is 381 g/mol. The Labute approximate surface area is 142 Å². The van der Waals surface area contributed by atoms with Gasteiger partial charge >= 0.3 is 0 Å². The number of aliphatic imine (C=N–C) groups is 1. The Hall–Kier alpha value is -1.66. The minimum Gasteiger partial charge on any atom is -0.497 e. The van der Waals surface area contributed by atoms with Gasteiger partial charge in [0.25, 0.3) is 0 Å². The molecule has 0 bridgehead atoms. The van der Waals surface area contributed by atoms with Crippen molar-refractivity contribution < 1.29 is 9.47 Å². The molecule has 2 aromatic carbocycles. The zero-order valence-corrected chi connectivity index (χ0v) is 14.6. The summed E-state index contributed by atoms with van der Waals surface area (Å²) in [6.07, 6.45) is 0. The molecule has 0 saturated heterocycles. The molecule has 0 unspecified atom stereocenters. The number of benzene rings is 2. The molecule has 0 aromatic heterocycles. The number of hydrogen-bond acceptors (Lipinski definition) is 4. The first-order chi connectivity index (χ1) is 10.7. The number of nitrogens with two attached hydrogens (primary N) is 1. The van der Waals surface area contributed by atoms with Crippen molar-refractivity contribution in [2.24, 2.45) is 10.7 Å². The van der Waals surface area contributed by atoms with E-state index in [0.29, 0.717) is 11.8 Å². The average Bonchev–Trinajstić information content (AvgIpc) is 2.52. The molecular formula is C16H17BrN2O2S. The van der Waals surface area contributed by atoms with Crippen molar-refractivity contribution in [3.63, 3.8) is 0 Å². The molecule has 0 aliphatic rings. The first kappa shape index (κ1) is 16.7. The van der Waals surface area contributed by atoms with E-state index in [9.17, 15) is 0 Å². The summed E-state index contributed by atoms with van der Waals surface area (Å²) in [4.78, 5) is 4.34. The van der Waals surface area contributed by atoms with Crippen LogP contribution in [0.3, 0.4) is 0 Å². The molecule has 0 radical (unpaired) electrons. The molecule has 4 nitrogen and oxygen atoms in total. The first-order valence-corrected chi connectivity index (χ1v) is 8.44. The van der Waals surface area contributed by atoms with Crippen LogP contribution < -0.4 is 15.2 Å². The topological polar surface area (TPSA) is 56.8 Å². The maximum absolute atomic E-state index is 5.91. The maximum Gasteiger partial charge on any atom is 0.159 e. The summed E-state index contributed by atoms with van der Waals surface area (Å²) in [6, 6.07) is 15.2. The second-order valence-electron chi connectivity index (χ2n) is 4.31. The van der Waals surface area contributed by atoms with Crippen LogP contribution in [0.4, 0.5) is 5.69 Å². The molecule has 2 rings (SSSR count). The van der Waals surface area contributed by atoms with Crippen LogP contribution in [0.5, 0.6) is 11.5 Å². The summed E-state index contributed by atoms with van der Waals surface area (Å²) in [5, 5.41) is 0.506. The van der Waals surface area contributed by atoms with E-state index in [0.717, 1.165) is 27.4 Å². The molecule has 6 heteroatoms. The van der Waals surface area contributed by atoms with Crippen molar-refractivity contribution in [1.29, 1.82) is 0 Å². The van der Waals surface area contributed by atoms with Gasteiger partial charge in [-0.25, -0.2) is 4.99 Å². The van der Waals surface area contributed by atoms with Crippen LogP contribution in [-0.4, -0.2) is 24.6 Å². The zero-order valence-electron chi connectivity index (χ0n) is 12.2. The van der Waals surface area contributed by atoms with Gasteiger partial charge < -0.3 is 15.2 Å². The van der Waals surface area contributed by atoms with Crippen molar-refractivity contribution in [2.45, 2.75) is 0 Å². The fourth-order valence-electron chi connectivity index (χ4n) is 1.70. The third kappa shape index (κ3) is 5.61. The molecule has 2 N–H and O–H groups in total. The van der Waals surface area contributed by atoms with E-state index in [1.165, 1.54) is 11.8 Å². The van der Waals surface area contributed by atoms with Gasteiger partial charge in [0.15, 0.2) is 5.17 Å². The number of thioether (sulfide) groups is 1. The van der Waals surface area contributed by atoms with Crippen molar-refractivity contribution in [2.75, 3.05) is 19.5 Å². The van der Waals surface area contributed by atoms with Crippen molar-refractivity contribution in [3.05, 3.63) is 53.0 Å². The molecule has 0 amide bonds. The van der Waals surface area contributed by atoms with Gasteiger partial charge in [-0.3, -0.25) is 0 Å². The van der Waals surface area contributed by atoms with Crippen molar-refractivity contribution in [3.8, 4) is 11.5 Å². The molecule has 0 atom stereocenters. The minimum atomic E-state index is 0.506. The molecule has 0 aliphatic carbocycles. The standard InChI is InChI=1S/C16H17BrN2O2S/c1-20-14-6-3-5-13(11-14)19-16(18)22-9-8-21-15-7-2-4-12(17)10-15/h2-7,10-11H,8-9H2,1H3,(H2,18,19). The van der Waals surface area contributed by atoms with E-state index in [2.05, 4.69) is 20.9 Å². The molecule has 116 valence electrons. The lowest BCUT2D eigenvalue weighted by atomic mass is 10.3. The number of ether oxygens (including phenoxy) is 2. The lowest BCUT2D eigenvalue weighted by Gasteiger charge is -2.06. The van der Waals surface area contributed by atoms with Crippen LogP contribution in [0.1, 0.15) is 0 Å². The number of hydrogen-bond donors (Lipinski definition) is 1. The number of amidine groups is 1. The Morgan fingerprint density at radius 2 is 1.95 bits per heavy atom. The van der Waals surface area contributed by atoms with E-state index in [4.69, 9.17) is 15.2 Å². The lowest BCUT2D eigenvalue weighted by Crippen LogP contribution is -2.10. The Balaban J connectivity index is 1.79. The van der Waals surface area contributed by atoms with E-state index < -0.39 is 0 Å². The van der Waals surface area contributed by atoms with Crippen LogP contribution in [0.15, 0.2) is 58.0 Å². The van der Waals surface area contributed by atoms with E-state index >= 15 is 0 Å². The van der Waals surface area contributed by atoms with Gasteiger partial charge in [0.2, 0.25) is 0 Å². The number of rotatable bonds is 6. The summed E-state index contributed by atoms with van der Waals surface area (Å²) in [5.74, 6) is 2.32. The van der Waals surface area contributed by atoms with E-state index in [1.54, 1.807) is 7.11 Å². The molecular weight excluding hydrogens is 364 g/mol. The summed E-state index contributed by atoms with van der Waals surface area (Å²) >= 11 is 4.87. The van der Waals surface area contributed by atoms with Crippen molar-refractivity contribution >= 4 is 38.5 Å². The molecule has 2 aromatic rings. The molecule has 0 fully saturated rings. The van der Waals surface area contributed by atoms with E-state index in [1.807, 2.05) is 48.5 Å². The van der Waals surface area contributed by atoms with Crippen molar-refractivity contribution in [1.82, 2.24) is 0 Å². The van der Waals surface area contributed by atoms with E-state index in [-0.39, 0.29) is 0 Å². The molecule has 0 spiro atoms. The summed E-state index contributed by atoms with van der Waals surface area (Å²) in [7, 11) is 1.63.